The van der Waals surface area contributed by atoms with E-state index in [1.54, 1.807) is 11.9 Å². The van der Waals surface area contributed by atoms with Crippen LogP contribution < -0.4 is 0 Å². The number of carbonyl (C=O) groups is 1. The lowest BCUT2D eigenvalue weighted by atomic mass is 9.81. The van der Waals surface area contributed by atoms with Crippen molar-refractivity contribution in [1.82, 2.24) is 4.90 Å². The molecular formula is C19H21NO2. The molecule has 3 heteroatoms. The molecule has 22 heavy (non-hydrogen) atoms. The highest BCUT2D eigenvalue weighted by molar-refractivity contribution is 5.85. The lowest BCUT2D eigenvalue weighted by Crippen LogP contribution is -2.35. The van der Waals surface area contributed by atoms with Crippen LogP contribution in [0.2, 0.25) is 0 Å². The zero-order valence-electron chi connectivity index (χ0n) is 12.9. The number of carbonyl (C=O) groups excluding carboxylic acids is 1. The predicted octanol–water partition coefficient (Wildman–Crippen LogP) is 2.78. The molecule has 1 amide bonds. The van der Waals surface area contributed by atoms with Crippen LogP contribution in [0.5, 0.6) is 0 Å². The molecule has 1 aliphatic rings. The van der Waals surface area contributed by atoms with Crippen molar-refractivity contribution >= 4 is 5.91 Å². The van der Waals surface area contributed by atoms with Crippen LogP contribution in [0.4, 0.5) is 0 Å². The highest BCUT2D eigenvalue weighted by Crippen LogP contribution is 2.40. The molecule has 0 aromatic heterocycles. The number of likely N-dealkylation sites (tertiary alicyclic amines) is 1. The first-order valence-electron chi connectivity index (χ1n) is 7.66. The van der Waals surface area contributed by atoms with E-state index in [4.69, 9.17) is 0 Å². The molecule has 0 radical (unpaired) electrons. The molecule has 1 saturated heterocycles. The maximum absolute atomic E-state index is 12.3. The summed E-state index contributed by atoms with van der Waals surface area (Å²) in [4.78, 5) is 14.0. The Labute approximate surface area is 131 Å². The Morgan fingerprint density at radius 1 is 1.00 bits per heavy atom. The third-order valence-electron chi connectivity index (χ3n) is 4.78. The average Bonchev–Trinajstić information content (AvgIpc) is 2.80. The van der Waals surface area contributed by atoms with Crippen molar-refractivity contribution < 1.29 is 9.90 Å². The van der Waals surface area contributed by atoms with Crippen molar-refractivity contribution in [2.75, 3.05) is 7.05 Å². The molecule has 1 heterocycles. The fourth-order valence-corrected chi connectivity index (χ4v) is 3.59. The van der Waals surface area contributed by atoms with Crippen LogP contribution in [-0.4, -0.2) is 35.1 Å². The quantitative estimate of drug-likeness (QED) is 0.946. The minimum absolute atomic E-state index is 0.0488. The Kier molecular flexibility index (Phi) is 3.99. The van der Waals surface area contributed by atoms with Crippen LogP contribution in [-0.2, 0) is 4.79 Å². The summed E-state index contributed by atoms with van der Waals surface area (Å²) >= 11 is 0. The lowest BCUT2D eigenvalue weighted by Gasteiger charge is -2.31. The van der Waals surface area contributed by atoms with Crippen molar-refractivity contribution in [1.29, 1.82) is 0 Å². The lowest BCUT2D eigenvalue weighted by molar-refractivity contribution is -0.134. The largest absolute Gasteiger partial charge is 0.383 e. The van der Waals surface area contributed by atoms with Crippen LogP contribution in [0.3, 0.4) is 0 Å². The summed E-state index contributed by atoms with van der Waals surface area (Å²) in [7, 11) is 1.79. The van der Waals surface area contributed by atoms with Gasteiger partial charge in [0.1, 0.15) is 6.10 Å². The summed E-state index contributed by atoms with van der Waals surface area (Å²) in [5, 5.41) is 10.5. The zero-order chi connectivity index (χ0) is 15.7. The van der Waals surface area contributed by atoms with Gasteiger partial charge in [-0.15, -0.1) is 0 Å². The highest BCUT2D eigenvalue weighted by Gasteiger charge is 2.48. The Hall–Kier alpha value is -2.13. The number of aliphatic hydroxyl groups is 1. The second-order valence-corrected chi connectivity index (χ2v) is 6.02. The minimum atomic E-state index is -0.969. The first-order chi connectivity index (χ1) is 10.6. The Morgan fingerprint density at radius 2 is 1.55 bits per heavy atom. The molecule has 1 fully saturated rings. The predicted molar refractivity (Wildman–Crippen MR) is 86.6 cm³/mol. The average molecular weight is 295 g/mol. The topological polar surface area (TPSA) is 40.5 Å². The van der Waals surface area contributed by atoms with Crippen LogP contribution >= 0.6 is 0 Å². The summed E-state index contributed by atoms with van der Waals surface area (Å²) in [6.45, 7) is 2.12. The van der Waals surface area contributed by atoms with Gasteiger partial charge in [-0.25, -0.2) is 0 Å². The van der Waals surface area contributed by atoms with Crippen molar-refractivity contribution in [2.24, 2.45) is 0 Å². The third kappa shape index (κ3) is 2.42. The monoisotopic (exact) mass is 295 g/mol. The number of rotatable bonds is 3. The SMILES string of the molecule is C[C@@H](c1ccccc1)[C@H]1[C@@H](c2ccccc2)[C@H](O)C(=O)N1C. The molecular weight excluding hydrogens is 274 g/mol. The number of nitrogens with zero attached hydrogens (tertiary/aromatic N) is 1. The van der Waals surface area contributed by atoms with Gasteiger partial charge >= 0.3 is 0 Å². The molecule has 3 rings (SSSR count). The normalized spacial score (nSPS) is 26.2. The molecule has 114 valence electrons. The molecule has 0 bridgehead atoms. The molecule has 0 spiro atoms. The fraction of sp³-hybridized carbons (Fsp3) is 0.316. The van der Waals surface area contributed by atoms with E-state index in [1.807, 2.05) is 48.5 Å². The zero-order valence-corrected chi connectivity index (χ0v) is 12.9. The molecule has 0 aliphatic carbocycles. The second kappa shape index (κ2) is 5.93. The van der Waals surface area contributed by atoms with Crippen LogP contribution in [0.1, 0.15) is 29.9 Å². The van der Waals surface area contributed by atoms with E-state index in [9.17, 15) is 9.90 Å². The van der Waals surface area contributed by atoms with Crippen molar-refractivity contribution in [2.45, 2.75) is 30.9 Å². The molecule has 4 atom stereocenters. The number of likely N-dealkylation sites (N-methyl/N-ethyl adjacent to an activating group) is 1. The van der Waals surface area contributed by atoms with Gasteiger partial charge < -0.3 is 10.0 Å². The minimum Gasteiger partial charge on any atom is -0.383 e. The molecule has 1 aliphatic heterocycles. The van der Waals surface area contributed by atoms with Gasteiger partial charge in [-0.1, -0.05) is 67.6 Å². The van der Waals surface area contributed by atoms with Gasteiger partial charge in [0.2, 0.25) is 0 Å². The Balaban J connectivity index is 2.01. The first-order valence-corrected chi connectivity index (χ1v) is 7.66. The van der Waals surface area contributed by atoms with Crippen molar-refractivity contribution in [3.8, 4) is 0 Å². The fourth-order valence-electron chi connectivity index (χ4n) is 3.59. The van der Waals surface area contributed by atoms with Gasteiger partial charge in [0.25, 0.3) is 5.91 Å². The van der Waals surface area contributed by atoms with Gasteiger partial charge in [-0.3, -0.25) is 4.79 Å². The maximum Gasteiger partial charge on any atom is 0.252 e. The smallest absolute Gasteiger partial charge is 0.252 e. The second-order valence-electron chi connectivity index (χ2n) is 6.02. The van der Waals surface area contributed by atoms with Crippen LogP contribution in [0, 0.1) is 0 Å². The van der Waals surface area contributed by atoms with Gasteiger partial charge in [0.05, 0.1) is 0 Å². The summed E-state index contributed by atoms with van der Waals surface area (Å²) in [6.07, 6.45) is -0.969. The molecule has 2 aromatic carbocycles. The van der Waals surface area contributed by atoms with Crippen LogP contribution in [0.15, 0.2) is 60.7 Å². The standard InChI is InChI=1S/C19H21NO2/c1-13(14-9-5-3-6-10-14)17-16(15-11-7-4-8-12-15)18(21)19(22)20(17)2/h3-13,16-18,21H,1-2H3/t13-,16+,17-,18-/m0/s1. The first kappa shape index (κ1) is 14.8. The van der Waals surface area contributed by atoms with Gasteiger partial charge in [-0.05, 0) is 11.1 Å². The molecule has 1 N–H and O–H groups in total. The molecule has 0 saturated carbocycles. The van der Waals surface area contributed by atoms with E-state index in [2.05, 4.69) is 19.1 Å². The Bertz CT molecular complexity index is 641. The van der Waals surface area contributed by atoms with Gasteiger partial charge in [-0.2, -0.15) is 0 Å². The van der Waals surface area contributed by atoms with Gasteiger partial charge in [0, 0.05) is 24.9 Å². The Morgan fingerprint density at radius 3 is 2.14 bits per heavy atom. The van der Waals surface area contributed by atoms with Gasteiger partial charge in [0.15, 0.2) is 0 Å². The summed E-state index contributed by atoms with van der Waals surface area (Å²) < 4.78 is 0. The molecule has 0 unspecified atom stereocenters. The van der Waals surface area contributed by atoms with E-state index in [0.717, 1.165) is 5.56 Å². The third-order valence-corrected chi connectivity index (χ3v) is 4.78. The summed E-state index contributed by atoms with van der Waals surface area (Å²) in [5.74, 6) is -0.243. The van der Waals surface area contributed by atoms with Crippen molar-refractivity contribution in [3.05, 3.63) is 71.8 Å². The van der Waals surface area contributed by atoms with Crippen molar-refractivity contribution in [3.63, 3.8) is 0 Å². The highest BCUT2D eigenvalue weighted by atomic mass is 16.3. The number of hydrogen-bond donors (Lipinski definition) is 1. The summed E-state index contributed by atoms with van der Waals surface area (Å²) in [5.41, 5.74) is 2.20. The molecule has 3 nitrogen and oxygen atoms in total. The summed E-state index contributed by atoms with van der Waals surface area (Å²) in [6, 6.07) is 20.0. The van der Waals surface area contributed by atoms with E-state index in [1.165, 1.54) is 5.56 Å². The van der Waals surface area contributed by atoms with Crippen LogP contribution in [0.25, 0.3) is 0 Å². The van der Waals surface area contributed by atoms with E-state index >= 15 is 0 Å². The number of hydrogen-bond acceptors (Lipinski definition) is 2. The molecule has 2 aromatic rings. The number of benzene rings is 2. The number of amides is 1. The van der Waals surface area contributed by atoms with E-state index in [-0.39, 0.29) is 23.8 Å². The number of aliphatic hydroxyl groups excluding tert-OH is 1. The maximum atomic E-state index is 12.3. The van der Waals surface area contributed by atoms with E-state index in [0.29, 0.717) is 0 Å². The van der Waals surface area contributed by atoms with E-state index < -0.39 is 6.10 Å².